The van der Waals surface area contributed by atoms with Gasteiger partial charge in [0.15, 0.2) is 0 Å². The van der Waals surface area contributed by atoms with Crippen LogP contribution in [0.4, 0.5) is 4.79 Å². The monoisotopic (exact) mass is 562 g/mol. The van der Waals surface area contributed by atoms with E-state index in [0.29, 0.717) is 17.1 Å². The van der Waals surface area contributed by atoms with Gasteiger partial charge in [0.1, 0.15) is 35.6 Å². The number of carbonyl (C=O) groups excluding carboxylic acids is 2. The summed E-state index contributed by atoms with van der Waals surface area (Å²) in [5.41, 5.74) is 5.02. The summed E-state index contributed by atoms with van der Waals surface area (Å²) in [7, 11) is 3.03. The van der Waals surface area contributed by atoms with E-state index in [1.54, 1.807) is 18.2 Å². The minimum atomic E-state index is -1.12. The van der Waals surface area contributed by atoms with E-state index in [1.807, 2.05) is 36.4 Å². The summed E-state index contributed by atoms with van der Waals surface area (Å²) in [5.74, 6) is -0.543. The number of methoxy groups -OCH3 is 2. The summed E-state index contributed by atoms with van der Waals surface area (Å²) in [5, 5.41) is 11.8. The van der Waals surface area contributed by atoms with E-state index >= 15 is 0 Å². The quantitative estimate of drug-likeness (QED) is 0.408. The third-order valence-electron chi connectivity index (χ3n) is 7.30. The Morgan fingerprint density at radius 3 is 2.23 bits per heavy atom. The second-order valence-corrected chi connectivity index (χ2v) is 10.7. The van der Waals surface area contributed by atoms with E-state index in [-0.39, 0.29) is 18.3 Å². The number of rotatable bonds is 8. The Kier molecular flexibility index (Phi) is 7.88. The predicted octanol–water partition coefficient (Wildman–Crippen LogP) is 4.66. The molecule has 2 aliphatic rings. The summed E-state index contributed by atoms with van der Waals surface area (Å²) in [4.78, 5) is 39.8. The first kappa shape index (κ1) is 27.4. The zero-order valence-electron chi connectivity index (χ0n) is 22.3. The molecule has 0 bridgehead atoms. The van der Waals surface area contributed by atoms with Crippen LogP contribution in [0.5, 0.6) is 11.5 Å². The van der Waals surface area contributed by atoms with E-state index < -0.39 is 35.4 Å². The van der Waals surface area contributed by atoms with Gasteiger partial charge in [-0.05, 0) is 41.3 Å². The number of nitrogens with one attached hydrogen (secondary N) is 1. The number of benzene rings is 3. The number of alkyl carbamates (subject to hydrolysis) is 1. The molecule has 1 unspecified atom stereocenters. The standard InChI is InChI=1S/C30H30N2O7S/c1-17(31-30(36)39-15-24-21-10-6-4-8-19(21)20-9-5-7-11-22(20)24)27(33)32-25(29(34)35)16-40-28(32)23-13-12-18(37-2)14-26(23)38-3/h4-14,17,24-25,28H,15-16H2,1-3H3,(H,31,36)(H,34,35)/t17-,25-,28?/m0/s1. The maximum Gasteiger partial charge on any atom is 0.407 e. The first-order chi connectivity index (χ1) is 19.3. The number of ether oxygens (including phenoxy) is 3. The van der Waals surface area contributed by atoms with Gasteiger partial charge in [0.25, 0.3) is 0 Å². The van der Waals surface area contributed by atoms with Crippen LogP contribution in [-0.2, 0) is 14.3 Å². The van der Waals surface area contributed by atoms with Crippen LogP contribution in [0.2, 0.25) is 0 Å². The molecule has 3 atom stereocenters. The third-order valence-corrected chi connectivity index (χ3v) is 8.60. The first-order valence-corrected chi connectivity index (χ1v) is 13.9. The summed E-state index contributed by atoms with van der Waals surface area (Å²) in [6.45, 7) is 1.62. The topological polar surface area (TPSA) is 114 Å². The van der Waals surface area contributed by atoms with Crippen molar-refractivity contribution in [3.63, 3.8) is 0 Å². The van der Waals surface area contributed by atoms with Crippen molar-refractivity contribution in [2.45, 2.75) is 30.3 Å². The van der Waals surface area contributed by atoms with Crippen molar-refractivity contribution in [2.24, 2.45) is 0 Å². The largest absolute Gasteiger partial charge is 0.497 e. The number of carboxylic acids is 1. The Hall–Kier alpha value is -4.18. The average molecular weight is 563 g/mol. The predicted molar refractivity (Wildman–Crippen MR) is 151 cm³/mol. The fourth-order valence-corrected chi connectivity index (χ4v) is 6.78. The number of aliphatic carboxylic acids is 1. The highest BCUT2D eigenvalue weighted by molar-refractivity contribution is 7.99. The van der Waals surface area contributed by atoms with Crippen LogP contribution in [0.3, 0.4) is 0 Å². The van der Waals surface area contributed by atoms with Crippen LogP contribution in [0.25, 0.3) is 11.1 Å². The number of hydrogen-bond donors (Lipinski definition) is 2. The minimum absolute atomic E-state index is 0.101. The van der Waals surface area contributed by atoms with Crippen LogP contribution < -0.4 is 14.8 Å². The number of carboxylic acid groups (broad SMARTS) is 1. The lowest BCUT2D eigenvalue weighted by Crippen LogP contribution is -2.51. The van der Waals surface area contributed by atoms with Gasteiger partial charge in [-0.2, -0.15) is 0 Å². The van der Waals surface area contributed by atoms with Gasteiger partial charge < -0.3 is 29.5 Å². The SMILES string of the molecule is COc1ccc(C2SC[C@@H](C(=O)O)N2C(=O)[C@H](C)NC(=O)OCC2c3ccccc3-c3ccccc32)c(OC)c1. The molecule has 10 heteroatoms. The molecule has 40 heavy (non-hydrogen) atoms. The minimum Gasteiger partial charge on any atom is -0.497 e. The van der Waals surface area contributed by atoms with E-state index in [2.05, 4.69) is 17.4 Å². The Balaban J connectivity index is 1.29. The van der Waals surface area contributed by atoms with Crippen molar-refractivity contribution in [3.8, 4) is 22.6 Å². The van der Waals surface area contributed by atoms with Crippen molar-refractivity contribution in [2.75, 3.05) is 26.6 Å². The molecule has 9 nitrogen and oxygen atoms in total. The molecule has 3 aromatic carbocycles. The molecule has 1 saturated heterocycles. The normalized spacial score (nSPS) is 18.4. The van der Waals surface area contributed by atoms with Crippen molar-refractivity contribution in [1.29, 1.82) is 0 Å². The van der Waals surface area contributed by atoms with Crippen molar-refractivity contribution >= 4 is 29.7 Å². The number of carbonyl (C=O) groups is 3. The van der Waals surface area contributed by atoms with Gasteiger partial charge in [0, 0.05) is 23.3 Å². The lowest BCUT2D eigenvalue weighted by atomic mass is 9.98. The van der Waals surface area contributed by atoms with Gasteiger partial charge in [0.05, 0.1) is 14.2 Å². The maximum atomic E-state index is 13.6. The number of hydrogen-bond acceptors (Lipinski definition) is 7. The molecule has 0 aromatic heterocycles. The summed E-state index contributed by atoms with van der Waals surface area (Å²) < 4.78 is 16.4. The van der Waals surface area contributed by atoms with Crippen molar-refractivity contribution in [1.82, 2.24) is 10.2 Å². The molecule has 0 spiro atoms. The Morgan fingerprint density at radius 1 is 0.975 bits per heavy atom. The lowest BCUT2D eigenvalue weighted by Gasteiger charge is -2.31. The van der Waals surface area contributed by atoms with E-state index in [1.165, 1.54) is 37.8 Å². The van der Waals surface area contributed by atoms with Crippen LogP contribution in [0, 0.1) is 0 Å². The second-order valence-electron chi connectivity index (χ2n) is 9.58. The second kappa shape index (κ2) is 11.5. The summed E-state index contributed by atoms with van der Waals surface area (Å²) >= 11 is 1.32. The number of thioether (sulfide) groups is 1. The molecule has 0 radical (unpaired) electrons. The third kappa shape index (κ3) is 5.06. The van der Waals surface area contributed by atoms with Gasteiger partial charge in [-0.3, -0.25) is 4.79 Å². The molecular weight excluding hydrogens is 532 g/mol. The number of amides is 2. The molecule has 2 N–H and O–H groups in total. The fraction of sp³-hybridized carbons (Fsp3) is 0.300. The van der Waals surface area contributed by atoms with Crippen molar-refractivity contribution in [3.05, 3.63) is 83.4 Å². The molecule has 1 fully saturated rings. The molecule has 1 heterocycles. The molecule has 0 saturated carbocycles. The number of nitrogens with zero attached hydrogens (tertiary/aromatic N) is 1. The van der Waals surface area contributed by atoms with Crippen LogP contribution in [0.1, 0.15) is 34.9 Å². The molecular formula is C30H30N2O7S. The molecule has 208 valence electrons. The molecule has 1 aliphatic heterocycles. The van der Waals surface area contributed by atoms with E-state index in [4.69, 9.17) is 14.2 Å². The number of fused-ring (bicyclic) bond motifs is 3. The van der Waals surface area contributed by atoms with Crippen LogP contribution in [0.15, 0.2) is 66.7 Å². The van der Waals surface area contributed by atoms with Gasteiger partial charge in [0.2, 0.25) is 5.91 Å². The Bertz CT molecular complexity index is 1400. The highest BCUT2D eigenvalue weighted by Gasteiger charge is 2.45. The van der Waals surface area contributed by atoms with Gasteiger partial charge in [-0.1, -0.05) is 48.5 Å². The first-order valence-electron chi connectivity index (χ1n) is 12.8. The maximum absolute atomic E-state index is 13.6. The highest BCUT2D eigenvalue weighted by Crippen LogP contribution is 2.46. The summed E-state index contributed by atoms with van der Waals surface area (Å²) in [6, 6.07) is 19.1. The lowest BCUT2D eigenvalue weighted by molar-refractivity contribution is -0.149. The highest BCUT2D eigenvalue weighted by atomic mass is 32.2. The van der Waals surface area contributed by atoms with Gasteiger partial charge in [-0.15, -0.1) is 11.8 Å². The molecule has 1 aliphatic carbocycles. The fourth-order valence-electron chi connectivity index (χ4n) is 5.33. The van der Waals surface area contributed by atoms with Crippen molar-refractivity contribution < 1.29 is 33.7 Å². The zero-order chi connectivity index (χ0) is 28.4. The Labute approximate surface area is 236 Å². The van der Waals surface area contributed by atoms with Gasteiger partial charge >= 0.3 is 12.1 Å². The smallest absolute Gasteiger partial charge is 0.407 e. The zero-order valence-corrected chi connectivity index (χ0v) is 23.1. The average Bonchev–Trinajstić information content (AvgIpc) is 3.55. The molecule has 3 aromatic rings. The van der Waals surface area contributed by atoms with Crippen LogP contribution >= 0.6 is 11.8 Å². The van der Waals surface area contributed by atoms with E-state index in [0.717, 1.165) is 22.3 Å². The van der Waals surface area contributed by atoms with Crippen LogP contribution in [-0.4, -0.2) is 66.6 Å². The van der Waals surface area contributed by atoms with Gasteiger partial charge in [-0.25, -0.2) is 9.59 Å². The molecule has 5 rings (SSSR count). The van der Waals surface area contributed by atoms with E-state index in [9.17, 15) is 19.5 Å². The molecule has 2 amide bonds. The Morgan fingerprint density at radius 2 is 1.62 bits per heavy atom. The summed E-state index contributed by atoms with van der Waals surface area (Å²) in [6.07, 6.45) is -0.750.